The molecule has 3 N–H and O–H groups in total. The summed E-state index contributed by atoms with van der Waals surface area (Å²) >= 11 is 3.68. The Bertz CT molecular complexity index is 642. The molecule has 1 aromatic heterocycles. The molecule has 0 saturated carbocycles. The number of hydrogen-bond acceptors (Lipinski definition) is 2. The fraction of sp³-hybridized carbons (Fsp3) is 0.333. The van der Waals surface area contributed by atoms with Crippen LogP contribution in [0.1, 0.15) is 19.4 Å². The van der Waals surface area contributed by atoms with E-state index < -0.39 is 0 Å². The summed E-state index contributed by atoms with van der Waals surface area (Å²) in [4.78, 5) is 27.4. The van der Waals surface area contributed by atoms with E-state index in [1.54, 1.807) is 0 Å². The second-order valence-electron chi connectivity index (χ2n) is 4.88. The maximum atomic E-state index is 11.2. The van der Waals surface area contributed by atoms with Gasteiger partial charge >= 0.3 is 5.69 Å². The minimum absolute atomic E-state index is 0.219. The Morgan fingerprint density at radius 2 is 2.00 bits per heavy atom. The Morgan fingerprint density at radius 1 is 1.33 bits per heavy atom. The lowest BCUT2D eigenvalue weighted by molar-refractivity contribution is 0.259. The topological polar surface area (TPSA) is 77.8 Å². The molecule has 1 aromatic carbocycles. The third-order valence-corrected chi connectivity index (χ3v) is 3.14. The molecule has 5 nitrogen and oxygen atoms in total. The summed E-state index contributed by atoms with van der Waals surface area (Å²) in [5.74, 6) is 0. The Labute approximate surface area is 109 Å². The number of benzene rings is 1. The summed E-state index contributed by atoms with van der Waals surface area (Å²) < 4.78 is 0. The Kier molecular flexibility index (Phi) is 3.21. The van der Waals surface area contributed by atoms with Gasteiger partial charge in [0.2, 0.25) is 0 Å². The van der Waals surface area contributed by atoms with Crippen molar-refractivity contribution in [3.05, 3.63) is 34.2 Å². The van der Waals surface area contributed by atoms with Gasteiger partial charge in [-0.3, -0.25) is 4.79 Å². The van der Waals surface area contributed by atoms with Crippen LogP contribution < -0.4 is 11.0 Å². The van der Waals surface area contributed by atoms with Crippen LogP contribution >= 0.6 is 12.6 Å². The number of H-pyrrole nitrogens is 2. The van der Waals surface area contributed by atoms with Crippen LogP contribution in [0.2, 0.25) is 0 Å². The minimum Gasteiger partial charge on any atom is -0.346 e. The van der Waals surface area contributed by atoms with E-state index in [2.05, 4.69) is 27.9 Å². The van der Waals surface area contributed by atoms with Crippen molar-refractivity contribution in [2.24, 2.45) is 0 Å². The van der Waals surface area contributed by atoms with Crippen molar-refractivity contribution in [3.63, 3.8) is 0 Å². The molecular weight excluding hydrogens is 250 g/mol. The van der Waals surface area contributed by atoms with Gasteiger partial charge in [0.15, 0.2) is 0 Å². The highest BCUT2D eigenvalue weighted by Crippen LogP contribution is 2.24. The van der Waals surface area contributed by atoms with Gasteiger partial charge in [0.1, 0.15) is 0 Å². The number of amides is 1. The molecular formula is C12H15N3O2S. The first kappa shape index (κ1) is 12.8. The number of carbonyl (C=O) groups excluding carboxylic acids is 1. The second kappa shape index (κ2) is 4.53. The molecule has 0 atom stereocenters. The zero-order chi connectivity index (χ0) is 13.3. The van der Waals surface area contributed by atoms with Crippen LogP contribution in [0.4, 0.5) is 4.79 Å². The first-order valence-electron chi connectivity index (χ1n) is 5.58. The normalized spacial score (nSPS) is 11.7. The van der Waals surface area contributed by atoms with Crippen LogP contribution in [0, 0.1) is 0 Å². The van der Waals surface area contributed by atoms with Crippen molar-refractivity contribution in [2.45, 2.75) is 19.3 Å². The second-order valence-corrected chi connectivity index (χ2v) is 5.29. The highest BCUT2D eigenvalue weighted by Gasteiger charge is 2.21. The van der Waals surface area contributed by atoms with Crippen LogP contribution in [0.3, 0.4) is 0 Å². The number of hydrogen-bond donors (Lipinski definition) is 4. The van der Waals surface area contributed by atoms with Crippen molar-refractivity contribution >= 4 is 28.9 Å². The van der Waals surface area contributed by atoms with Crippen LogP contribution in [0.15, 0.2) is 23.0 Å². The lowest BCUT2D eigenvalue weighted by atomic mass is 9.84. The van der Waals surface area contributed by atoms with Crippen molar-refractivity contribution < 1.29 is 4.79 Å². The molecule has 0 aliphatic carbocycles. The predicted octanol–water partition coefficient (Wildman–Crippen LogP) is 1.77. The molecule has 2 rings (SSSR count). The van der Waals surface area contributed by atoms with Gasteiger partial charge in [-0.15, -0.1) is 0 Å². The zero-order valence-electron chi connectivity index (χ0n) is 10.2. The molecule has 0 aliphatic heterocycles. The highest BCUT2D eigenvalue weighted by atomic mass is 32.1. The lowest BCUT2D eigenvalue weighted by Crippen LogP contribution is -2.34. The van der Waals surface area contributed by atoms with Gasteiger partial charge < -0.3 is 15.3 Å². The molecule has 2 aromatic rings. The van der Waals surface area contributed by atoms with Crippen molar-refractivity contribution in [3.8, 4) is 0 Å². The summed E-state index contributed by atoms with van der Waals surface area (Å²) in [6.45, 7) is 4.51. The number of thiol groups is 1. The Morgan fingerprint density at radius 3 is 2.67 bits per heavy atom. The minimum atomic E-state index is -0.348. The van der Waals surface area contributed by atoms with Gasteiger partial charge in [0.05, 0.1) is 11.0 Å². The third-order valence-electron chi connectivity index (χ3n) is 2.98. The van der Waals surface area contributed by atoms with E-state index in [1.807, 2.05) is 32.0 Å². The number of imidazole rings is 1. The first-order chi connectivity index (χ1) is 8.38. The molecule has 96 valence electrons. The van der Waals surface area contributed by atoms with E-state index in [9.17, 15) is 9.59 Å². The van der Waals surface area contributed by atoms with E-state index in [4.69, 9.17) is 0 Å². The highest BCUT2D eigenvalue weighted by molar-refractivity contribution is 7.96. The summed E-state index contributed by atoms with van der Waals surface area (Å²) in [5.41, 5.74) is 2.12. The molecule has 0 fully saturated rings. The lowest BCUT2D eigenvalue weighted by Gasteiger charge is -2.25. The SMILES string of the molecule is CC(C)(CNC(=O)S)c1ccc2[nH]c(=O)[nH]c2c1. The van der Waals surface area contributed by atoms with Gasteiger partial charge in [-0.1, -0.05) is 32.5 Å². The van der Waals surface area contributed by atoms with Gasteiger partial charge in [-0.05, 0) is 17.7 Å². The number of aromatic amines is 2. The van der Waals surface area contributed by atoms with Crippen molar-refractivity contribution in [1.82, 2.24) is 15.3 Å². The summed E-state index contributed by atoms with van der Waals surface area (Å²) in [5, 5.41) is 2.34. The van der Waals surface area contributed by atoms with E-state index in [0.29, 0.717) is 6.54 Å². The largest absolute Gasteiger partial charge is 0.346 e. The number of aromatic nitrogens is 2. The van der Waals surface area contributed by atoms with Gasteiger partial charge in [-0.25, -0.2) is 4.79 Å². The molecule has 0 saturated heterocycles. The number of fused-ring (bicyclic) bond motifs is 1. The molecule has 18 heavy (non-hydrogen) atoms. The standard InChI is InChI=1S/C12H15N3O2S/c1-12(2,6-13-11(17)18)7-3-4-8-9(5-7)15-10(16)14-8/h3-5H,6H2,1-2H3,(H2,13,17,18)(H2,14,15,16). The fourth-order valence-corrected chi connectivity index (χ4v) is 1.93. The predicted molar refractivity (Wildman–Crippen MR) is 74.3 cm³/mol. The van der Waals surface area contributed by atoms with Gasteiger partial charge in [0.25, 0.3) is 5.24 Å². The van der Waals surface area contributed by atoms with Crippen molar-refractivity contribution in [2.75, 3.05) is 6.54 Å². The molecule has 1 heterocycles. The summed E-state index contributed by atoms with van der Waals surface area (Å²) in [6, 6.07) is 5.71. The van der Waals surface area contributed by atoms with Gasteiger partial charge in [0, 0.05) is 12.0 Å². The smallest absolute Gasteiger partial charge is 0.323 e. The molecule has 6 heteroatoms. The number of carbonyl (C=O) groups is 1. The molecule has 1 amide bonds. The zero-order valence-corrected chi connectivity index (χ0v) is 11.1. The summed E-state index contributed by atoms with van der Waals surface area (Å²) in [6.07, 6.45) is 0. The molecule has 0 aliphatic rings. The average molecular weight is 265 g/mol. The van der Waals surface area contributed by atoms with E-state index in [1.165, 1.54) is 0 Å². The molecule has 0 bridgehead atoms. The fourth-order valence-electron chi connectivity index (χ4n) is 1.85. The Balaban J connectivity index is 2.34. The van der Waals surface area contributed by atoms with E-state index in [-0.39, 0.29) is 16.3 Å². The maximum Gasteiger partial charge on any atom is 0.323 e. The quantitative estimate of drug-likeness (QED) is 0.638. The van der Waals surface area contributed by atoms with Crippen LogP contribution in [-0.2, 0) is 5.41 Å². The molecule has 0 radical (unpaired) electrons. The average Bonchev–Trinajstić information content (AvgIpc) is 2.65. The number of nitrogens with one attached hydrogen (secondary N) is 3. The number of rotatable bonds is 3. The van der Waals surface area contributed by atoms with Crippen molar-refractivity contribution in [1.29, 1.82) is 0 Å². The van der Waals surface area contributed by atoms with Crippen LogP contribution in [-0.4, -0.2) is 21.8 Å². The first-order valence-corrected chi connectivity index (χ1v) is 6.02. The van der Waals surface area contributed by atoms with Crippen LogP contribution in [0.25, 0.3) is 11.0 Å². The monoisotopic (exact) mass is 265 g/mol. The maximum absolute atomic E-state index is 11.2. The Hall–Kier alpha value is -1.69. The summed E-state index contributed by atoms with van der Waals surface area (Å²) in [7, 11) is 0. The van der Waals surface area contributed by atoms with E-state index >= 15 is 0 Å². The van der Waals surface area contributed by atoms with E-state index in [0.717, 1.165) is 16.6 Å². The third kappa shape index (κ3) is 2.59. The van der Waals surface area contributed by atoms with Crippen LogP contribution in [0.5, 0.6) is 0 Å². The van der Waals surface area contributed by atoms with Gasteiger partial charge in [-0.2, -0.15) is 0 Å². The molecule has 0 spiro atoms. The molecule has 0 unspecified atom stereocenters.